The van der Waals surface area contributed by atoms with Crippen molar-refractivity contribution in [2.75, 3.05) is 6.61 Å². The van der Waals surface area contributed by atoms with E-state index in [1.807, 2.05) is 12.2 Å². The molecular formula is C47H70O4. The van der Waals surface area contributed by atoms with Crippen LogP contribution in [0.1, 0.15) is 116 Å². The number of hydrogen-bond donors (Lipinski definition) is 4. The van der Waals surface area contributed by atoms with Crippen molar-refractivity contribution < 1.29 is 20.4 Å². The SMILES string of the molecule is C=C\C=C(/C=C(C1=C(/O)C2C3=CC(C(C(C)(C)C)=CC(C/C(=C/C(=C\C(=C)CC)C(C)(C)C)CO)(C3)C2O)/C(C(C)(C)C)=C\1)\C(C)O)C(C)(C)C. The summed E-state index contributed by atoms with van der Waals surface area (Å²) >= 11 is 0. The lowest BCUT2D eigenvalue weighted by atomic mass is 9.64. The van der Waals surface area contributed by atoms with Crippen LogP contribution in [0.15, 0.2) is 118 Å². The van der Waals surface area contributed by atoms with Crippen molar-refractivity contribution in [1.29, 1.82) is 0 Å². The average molecular weight is 699 g/mol. The van der Waals surface area contributed by atoms with Gasteiger partial charge in [0.05, 0.1) is 24.7 Å². The van der Waals surface area contributed by atoms with E-state index in [-0.39, 0.29) is 39.9 Å². The Morgan fingerprint density at radius 3 is 1.94 bits per heavy atom. The van der Waals surface area contributed by atoms with Gasteiger partial charge in [-0.25, -0.2) is 0 Å². The molecule has 3 bridgehead atoms. The van der Waals surface area contributed by atoms with Crippen LogP contribution in [0.25, 0.3) is 0 Å². The molecule has 5 unspecified atom stereocenters. The fraction of sp³-hybridized carbons (Fsp3) is 0.574. The predicted octanol–water partition coefficient (Wildman–Crippen LogP) is 11.4. The summed E-state index contributed by atoms with van der Waals surface area (Å²) in [6, 6.07) is 0. The molecule has 4 nitrogen and oxygen atoms in total. The molecule has 0 spiro atoms. The maximum atomic E-state index is 12.7. The fourth-order valence-electron chi connectivity index (χ4n) is 7.84. The number of aliphatic hydroxyl groups is 4. The van der Waals surface area contributed by atoms with Gasteiger partial charge in [-0.3, -0.25) is 0 Å². The number of hydrogen-bond acceptors (Lipinski definition) is 4. The quantitative estimate of drug-likeness (QED) is 0.135. The minimum atomic E-state index is -0.967. The molecule has 0 aliphatic heterocycles. The summed E-state index contributed by atoms with van der Waals surface area (Å²) in [6.07, 6.45) is 16.6. The number of fused-ring (bicyclic) bond motifs is 2. The van der Waals surface area contributed by atoms with Crippen molar-refractivity contribution in [3.8, 4) is 0 Å². The third-order valence-corrected chi connectivity index (χ3v) is 11.0. The molecule has 3 aliphatic rings. The Bertz CT molecular complexity index is 1620. The first kappa shape index (κ1) is 42.5. The summed E-state index contributed by atoms with van der Waals surface area (Å²) in [5.41, 5.74) is 6.69. The van der Waals surface area contributed by atoms with Crippen LogP contribution in [0, 0.1) is 38.9 Å². The second-order valence-electron chi connectivity index (χ2n) is 19.4. The summed E-state index contributed by atoms with van der Waals surface area (Å²) in [7, 11) is 0. The first-order chi connectivity index (χ1) is 23.2. The summed E-state index contributed by atoms with van der Waals surface area (Å²) in [4.78, 5) is 0. The molecule has 0 aromatic heterocycles. The van der Waals surface area contributed by atoms with Gasteiger partial charge in [0.25, 0.3) is 0 Å². The van der Waals surface area contributed by atoms with Crippen molar-refractivity contribution >= 4 is 0 Å². The number of allylic oxidation sites excluding steroid dienone is 12. The molecule has 0 aromatic carbocycles. The standard InChI is InChI=1S/C47H70O4/c1-17-19-33(43(5,6)7)23-35(30(4)49)36-24-38(45(11,12)13)37-22-32-26-47(27-39(37)46(14,15)16,42(51)40(32)41(36)50)25-31(28-48)21-34(44(8,9)10)20-29(3)18-2/h17,19-24,27,30,37,40,42,48-51H,1,3,18,25-26,28H2,2,4-16H3/b31-21-,33-19+,34-20+,35-23+,38-24+,41-36+. The molecular weight excluding hydrogens is 629 g/mol. The van der Waals surface area contributed by atoms with Gasteiger partial charge in [0, 0.05) is 16.9 Å². The maximum Gasteiger partial charge on any atom is 0.110 e. The third kappa shape index (κ3) is 9.36. The van der Waals surface area contributed by atoms with Crippen LogP contribution < -0.4 is 0 Å². The van der Waals surface area contributed by atoms with Crippen molar-refractivity contribution in [2.24, 2.45) is 38.9 Å². The summed E-state index contributed by atoms with van der Waals surface area (Å²) < 4.78 is 0. The Morgan fingerprint density at radius 1 is 0.922 bits per heavy atom. The molecule has 4 heteroatoms. The molecule has 0 saturated heterocycles. The Hall–Kier alpha value is -2.92. The highest BCUT2D eigenvalue weighted by atomic mass is 16.3. The van der Waals surface area contributed by atoms with Crippen molar-refractivity contribution in [3.05, 3.63) is 118 Å². The maximum absolute atomic E-state index is 12.7. The summed E-state index contributed by atoms with van der Waals surface area (Å²) in [5, 5.41) is 47.6. The second-order valence-corrected chi connectivity index (χ2v) is 19.4. The third-order valence-electron chi connectivity index (χ3n) is 11.0. The van der Waals surface area contributed by atoms with Crippen LogP contribution in [0.3, 0.4) is 0 Å². The molecule has 0 radical (unpaired) electrons. The summed E-state index contributed by atoms with van der Waals surface area (Å²) in [6.45, 7) is 38.1. The van der Waals surface area contributed by atoms with Gasteiger partial charge in [-0.15, -0.1) is 0 Å². The summed E-state index contributed by atoms with van der Waals surface area (Å²) in [5.74, 6) is -0.675. The average Bonchev–Trinajstić information content (AvgIpc) is 3.10. The molecule has 1 saturated carbocycles. The first-order valence-electron chi connectivity index (χ1n) is 18.9. The van der Waals surface area contributed by atoms with Gasteiger partial charge in [-0.05, 0) is 70.1 Å². The molecule has 282 valence electrons. The van der Waals surface area contributed by atoms with Crippen molar-refractivity contribution in [2.45, 2.75) is 128 Å². The largest absolute Gasteiger partial charge is 0.511 e. The van der Waals surface area contributed by atoms with Gasteiger partial charge in [0.1, 0.15) is 5.76 Å². The predicted molar refractivity (Wildman–Crippen MR) is 217 cm³/mol. The van der Waals surface area contributed by atoms with Crippen molar-refractivity contribution in [1.82, 2.24) is 0 Å². The zero-order valence-electron chi connectivity index (χ0n) is 34.5. The topological polar surface area (TPSA) is 80.9 Å². The van der Waals surface area contributed by atoms with Gasteiger partial charge in [0.2, 0.25) is 0 Å². The Labute approximate surface area is 311 Å². The van der Waals surface area contributed by atoms with Crippen LogP contribution in [0.4, 0.5) is 0 Å². The lowest BCUT2D eigenvalue weighted by Gasteiger charge is -2.42. The van der Waals surface area contributed by atoms with Gasteiger partial charge in [0.15, 0.2) is 0 Å². The first-order valence-corrected chi connectivity index (χ1v) is 18.9. The normalized spacial score (nSPS) is 28.7. The zero-order chi connectivity index (χ0) is 39.1. The molecule has 3 aliphatic carbocycles. The van der Waals surface area contributed by atoms with Gasteiger partial charge >= 0.3 is 0 Å². The van der Waals surface area contributed by atoms with E-state index >= 15 is 0 Å². The molecule has 51 heavy (non-hydrogen) atoms. The van der Waals surface area contributed by atoms with Crippen LogP contribution in [0.5, 0.6) is 0 Å². The van der Waals surface area contributed by atoms with Gasteiger partial charge in [-0.2, -0.15) is 0 Å². The van der Waals surface area contributed by atoms with Crippen molar-refractivity contribution in [3.63, 3.8) is 0 Å². The van der Waals surface area contributed by atoms with E-state index in [4.69, 9.17) is 0 Å². The van der Waals surface area contributed by atoms with Crippen LogP contribution in [0.2, 0.25) is 0 Å². The lowest BCUT2D eigenvalue weighted by molar-refractivity contribution is 0.0490. The molecule has 3 rings (SSSR count). The van der Waals surface area contributed by atoms with Gasteiger partial charge < -0.3 is 20.4 Å². The molecule has 4 N–H and O–H groups in total. The van der Waals surface area contributed by atoms with Crippen LogP contribution in [-0.2, 0) is 0 Å². The van der Waals surface area contributed by atoms with Crippen LogP contribution in [-0.4, -0.2) is 39.2 Å². The van der Waals surface area contributed by atoms with E-state index in [0.717, 1.165) is 39.9 Å². The van der Waals surface area contributed by atoms with E-state index in [9.17, 15) is 20.4 Å². The second kappa shape index (κ2) is 15.2. The van der Waals surface area contributed by atoms with E-state index < -0.39 is 23.5 Å². The van der Waals surface area contributed by atoms with E-state index in [2.05, 4.69) is 134 Å². The highest BCUT2D eigenvalue weighted by Gasteiger charge is 2.55. The fourth-order valence-corrected chi connectivity index (χ4v) is 7.84. The zero-order valence-corrected chi connectivity index (χ0v) is 34.5. The van der Waals surface area contributed by atoms with Gasteiger partial charge in [-0.1, -0.05) is 174 Å². The Kier molecular flexibility index (Phi) is 12.7. The monoisotopic (exact) mass is 699 g/mol. The number of rotatable bonds is 10. The minimum Gasteiger partial charge on any atom is -0.511 e. The minimum absolute atomic E-state index is 0.0755. The number of aliphatic hydroxyl groups excluding tert-OH is 4. The molecule has 0 amide bonds. The Balaban J connectivity index is 2.50. The smallest absolute Gasteiger partial charge is 0.110 e. The van der Waals surface area contributed by atoms with Crippen LogP contribution >= 0.6 is 0 Å². The van der Waals surface area contributed by atoms with E-state index in [0.29, 0.717) is 24.0 Å². The molecule has 5 atom stereocenters. The molecule has 0 aromatic rings. The highest BCUT2D eigenvalue weighted by Crippen LogP contribution is 2.60. The van der Waals surface area contributed by atoms with E-state index in [1.54, 1.807) is 13.0 Å². The van der Waals surface area contributed by atoms with E-state index in [1.165, 1.54) is 5.57 Å². The lowest BCUT2D eigenvalue weighted by Crippen LogP contribution is -2.37. The highest BCUT2D eigenvalue weighted by molar-refractivity contribution is 5.57. The molecule has 0 heterocycles. The molecule has 1 fully saturated rings. The Morgan fingerprint density at radius 2 is 1.49 bits per heavy atom.